The van der Waals surface area contributed by atoms with Crippen LogP contribution < -0.4 is 10.6 Å². The molecule has 24 heavy (non-hydrogen) atoms. The van der Waals surface area contributed by atoms with Gasteiger partial charge in [-0.1, -0.05) is 29.8 Å². The Labute approximate surface area is 148 Å². The lowest BCUT2D eigenvalue weighted by Gasteiger charge is -2.08. The summed E-state index contributed by atoms with van der Waals surface area (Å²) in [5.41, 5.74) is 3.01. The van der Waals surface area contributed by atoms with Crippen LogP contribution in [0.15, 0.2) is 65.3 Å². The first-order chi connectivity index (χ1) is 11.6. The highest BCUT2D eigenvalue weighted by atomic mass is 79.9. The molecule has 1 aromatic heterocycles. The SMILES string of the molecule is Cc1ccc(Nc2nccc(C(=O)Nc3ccccc3Br)n2)cc1. The predicted octanol–water partition coefficient (Wildman–Crippen LogP) is 4.54. The molecular formula is C18H15BrN4O. The van der Waals surface area contributed by atoms with E-state index in [4.69, 9.17) is 0 Å². The Morgan fingerprint density at radius 3 is 2.54 bits per heavy atom. The Balaban J connectivity index is 1.76. The van der Waals surface area contributed by atoms with Crippen molar-refractivity contribution in [3.63, 3.8) is 0 Å². The molecule has 0 aliphatic heterocycles. The number of hydrogen-bond acceptors (Lipinski definition) is 4. The molecule has 0 bridgehead atoms. The molecule has 0 aliphatic carbocycles. The van der Waals surface area contributed by atoms with E-state index in [2.05, 4.69) is 36.5 Å². The maximum absolute atomic E-state index is 12.4. The van der Waals surface area contributed by atoms with Crippen LogP contribution in [-0.2, 0) is 0 Å². The van der Waals surface area contributed by atoms with Gasteiger partial charge in [0.25, 0.3) is 5.91 Å². The number of carbonyl (C=O) groups excluding carboxylic acids is 1. The summed E-state index contributed by atoms with van der Waals surface area (Å²) in [5.74, 6) is 0.0786. The number of anilines is 3. The number of nitrogens with zero attached hydrogens (tertiary/aromatic N) is 2. The van der Waals surface area contributed by atoms with Crippen molar-refractivity contribution in [1.29, 1.82) is 0 Å². The van der Waals surface area contributed by atoms with Gasteiger partial charge in [-0.15, -0.1) is 0 Å². The monoisotopic (exact) mass is 382 g/mol. The van der Waals surface area contributed by atoms with Gasteiger partial charge in [-0.05, 0) is 53.2 Å². The number of amides is 1. The highest BCUT2D eigenvalue weighted by molar-refractivity contribution is 9.10. The van der Waals surface area contributed by atoms with Gasteiger partial charge in [-0.3, -0.25) is 4.79 Å². The summed E-state index contributed by atoms with van der Waals surface area (Å²) in [6.07, 6.45) is 1.55. The zero-order chi connectivity index (χ0) is 16.9. The van der Waals surface area contributed by atoms with Crippen molar-refractivity contribution in [2.75, 3.05) is 10.6 Å². The molecular weight excluding hydrogens is 368 g/mol. The number of nitrogens with one attached hydrogen (secondary N) is 2. The van der Waals surface area contributed by atoms with Crippen LogP contribution >= 0.6 is 15.9 Å². The van der Waals surface area contributed by atoms with E-state index < -0.39 is 0 Å². The van der Waals surface area contributed by atoms with E-state index >= 15 is 0 Å². The minimum Gasteiger partial charge on any atom is -0.324 e. The molecule has 3 rings (SSSR count). The molecule has 2 N–H and O–H groups in total. The van der Waals surface area contributed by atoms with E-state index in [-0.39, 0.29) is 11.6 Å². The minimum atomic E-state index is -0.295. The quantitative estimate of drug-likeness (QED) is 0.694. The van der Waals surface area contributed by atoms with Crippen LogP contribution in [0.4, 0.5) is 17.3 Å². The number of para-hydroxylation sites is 1. The van der Waals surface area contributed by atoms with E-state index in [9.17, 15) is 4.79 Å². The van der Waals surface area contributed by atoms with Crippen LogP contribution in [0.5, 0.6) is 0 Å². The summed E-state index contributed by atoms with van der Waals surface area (Å²) in [6, 6.07) is 16.8. The summed E-state index contributed by atoms with van der Waals surface area (Å²) in [6.45, 7) is 2.02. The second-order valence-corrected chi connectivity index (χ2v) is 6.04. The van der Waals surface area contributed by atoms with Crippen molar-refractivity contribution in [3.05, 3.63) is 76.5 Å². The average Bonchev–Trinajstić information content (AvgIpc) is 2.59. The first-order valence-electron chi connectivity index (χ1n) is 7.34. The topological polar surface area (TPSA) is 66.9 Å². The van der Waals surface area contributed by atoms with E-state index in [1.807, 2.05) is 55.5 Å². The second kappa shape index (κ2) is 7.23. The lowest BCUT2D eigenvalue weighted by Crippen LogP contribution is -2.15. The molecule has 0 unspecified atom stereocenters. The molecule has 5 nitrogen and oxygen atoms in total. The highest BCUT2D eigenvalue weighted by Gasteiger charge is 2.10. The standard InChI is InChI=1S/C18H15BrN4O/c1-12-6-8-13(9-7-12)21-18-20-11-10-16(23-18)17(24)22-15-5-3-2-4-14(15)19/h2-11H,1H3,(H,22,24)(H,20,21,23). The fourth-order valence-electron chi connectivity index (χ4n) is 2.06. The normalized spacial score (nSPS) is 10.2. The lowest BCUT2D eigenvalue weighted by molar-refractivity contribution is 0.102. The van der Waals surface area contributed by atoms with Gasteiger partial charge in [0.05, 0.1) is 5.69 Å². The number of rotatable bonds is 4. The minimum absolute atomic E-state index is 0.287. The van der Waals surface area contributed by atoms with Crippen molar-refractivity contribution >= 4 is 39.2 Å². The number of hydrogen-bond donors (Lipinski definition) is 2. The maximum Gasteiger partial charge on any atom is 0.274 e. The Hall–Kier alpha value is -2.73. The first-order valence-corrected chi connectivity index (χ1v) is 8.14. The number of benzene rings is 2. The summed E-state index contributed by atoms with van der Waals surface area (Å²) in [7, 11) is 0. The van der Waals surface area contributed by atoms with Crippen molar-refractivity contribution in [2.24, 2.45) is 0 Å². The van der Waals surface area contributed by atoms with Gasteiger partial charge >= 0.3 is 0 Å². The summed E-state index contributed by atoms with van der Waals surface area (Å²) < 4.78 is 0.811. The van der Waals surface area contributed by atoms with Gasteiger partial charge in [0.1, 0.15) is 5.69 Å². The van der Waals surface area contributed by atoms with Crippen LogP contribution in [0.1, 0.15) is 16.1 Å². The Bertz CT molecular complexity index is 865. The van der Waals surface area contributed by atoms with E-state index in [1.165, 1.54) is 5.56 Å². The third kappa shape index (κ3) is 3.97. The van der Waals surface area contributed by atoms with Crippen LogP contribution in [0.3, 0.4) is 0 Å². The Morgan fingerprint density at radius 1 is 1.04 bits per heavy atom. The zero-order valence-electron chi connectivity index (χ0n) is 13.0. The van der Waals surface area contributed by atoms with Crippen molar-refractivity contribution in [1.82, 2.24) is 9.97 Å². The van der Waals surface area contributed by atoms with Crippen LogP contribution in [0.2, 0.25) is 0 Å². The number of aromatic nitrogens is 2. The van der Waals surface area contributed by atoms with Crippen LogP contribution in [-0.4, -0.2) is 15.9 Å². The molecule has 0 radical (unpaired) electrons. The summed E-state index contributed by atoms with van der Waals surface area (Å²) in [5, 5.41) is 5.91. The first kappa shape index (κ1) is 16.1. The second-order valence-electron chi connectivity index (χ2n) is 5.19. The van der Waals surface area contributed by atoms with Gasteiger partial charge < -0.3 is 10.6 Å². The van der Waals surface area contributed by atoms with Crippen LogP contribution in [0, 0.1) is 6.92 Å². The van der Waals surface area contributed by atoms with Gasteiger partial charge in [0.2, 0.25) is 5.95 Å². The molecule has 0 saturated heterocycles. The molecule has 0 saturated carbocycles. The fraction of sp³-hybridized carbons (Fsp3) is 0.0556. The molecule has 2 aromatic carbocycles. The summed E-state index contributed by atoms with van der Waals surface area (Å²) >= 11 is 3.40. The number of halogens is 1. The lowest BCUT2D eigenvalue weighted by atomic mass is 10.2. The number of aryl methyl sites for hydroxylation is 1. The molecule has 0 atom stereocenters. The highest BCUT2D eigenvalue weighted by Crippen LogP contribution is 2.22. The smallest absolute Gasteiger partial charge is 0.274 e. The summed E-state index contributed by atoms with van der Waals surface area (Å²) in [4.78, 5) is 20.8. The van der Waals surface area contributed by atoms with E-state index in [0.717, 1.165) is 10.2 Å². The molecule has 6 heteroatoms. The van der Waals surface area contributed by atoms with Crippen molar-refractivity contribution in [2.45, 2.75) is 6.92 Å². The predicted molar refractivity (Wildman–Crippen MR) is 98.6 cm³/mol. The Kier molecular flexibility index (Phi) is 4.86. The van der Waals surface area contributed by atoms with Crippen molar-refractivity contribution < 1.29 is 4.79 Å². The molecule has 3 aromatic rings. The average molecular weight is 383 g/mol. The number of carbonyl (C=O) groups is 1. The zero-order valence-corrected chi connectivity index (χ0v) is 14.5. The molecule has 1 amide bonds. The molecule has 1 heterocycles. The fourth-order valence-corrected chi connectivity index (χ4v) is 2.44. The third-order valence-electron chi connectivity index (χ3n) is 3.32. The van der Waals surface area contributed by atoms with Gasteiger partial charge in [-0.25, -0.2) is 9.97 Å². The van der Waals surface area contributed by atoms with Crippen molar-refractivity contribution in [3.8, 4) is 0 Å². The maximum atomic E-state index is 12.4. The van der Waals surface area contributed by atoms with Gasteiger partial charge in [-0.2, -0.15) is 0 Å². The molecule has 0 spiro atoms. The largest absolute Gasteiger partial charge is 0.324 e. The van der Waals surface area contributed by atoms with Gasteiger partial charge in [0.15, 0.2) is 0 Å². The Morgan fingerprint density at radius 2 is 1.79 bits per heavy atom. The van der Waals surface area contributed by atoms with Crippen LogP contribution in [0.25, 0.3) is 0 Å². The third-order valence-corrected chi connectivity index (χ3v) is 4.01. The van der Waals surface area contributed by atoms with E-state index in [0.29, 0.717) is 11.6 Å². The van der Waals surface area contributed by atoms with Gasteiger partial charge in [0, 0.05) is 16.4 Å². The molecule has 0 fully saturated rings. The molecule has 120 valence electrons. The van der Waals surface area contributed by atoms with E-state index in [1.54, 1.807) is 12.3 Å². The molecule has 0 aliphatic rings.